The Morgan fingerprint density at radius 3 is 2.67 bits per heavy atom. The first kappa shape index (κ1) is 15.5. The van der Waals surface area contributed by atoms with Crippen LogP contribution >= 0.6 is 0 Å². The third-order valence-electron chi connectivity index (χ3n) is 3.78. The van der Waals surface area contributed by atoms with Crippen LogP contribution in [0, 0.1) is 0 Å². The summed E-state index contributed by atoms with van der Waals surface area (Å²) in [7, 11) is 0. The molecule has 0 fully saturated rings. The van der Waals surface area contributed by atoms with Gasteiger partial charge >= 0.3 is 0 Å². The number of amides is 1. The predicted octanol–water partition coefficient (Wildman–Crippen LogP) is 4.24. The quantitative estimate of drug-likeness (QED) is 0.828. The zero-order valence-corrected chi connectivity index (χ0v) is 13.0. The number of carbonyl (C=O) groups is 1. The standard InChI is InChI=1S/C18H22FNO/c1-5-12(8-7-11-19)16-13-9-6-10-14(18(2,3)4)15(13)17(21)20-16/h5-10,16H,11H2,1-4H3,(H,20,21)/b8-7-,12-5+. The predicted molar refractivity (Wildman–Crippen MR) is 84.2 cm³/mol. The molecule has 112 valence electrons. The fourth-order valence-electron chi connectivity index (χ4n) is 2.77. The molecule has 3 heteroatoms. The molecule has 2 nitrogen and oxygen atoms in total. The van der Waals surface area contributed by atoms with Crippen LogP contribution in [0.5, 0.6) is 0 Å². The monoisotopic (exact) mass is 287 g/mol. The Hall–Kier alpha value is -1.90. The minimum atomic E-state index is -0.507. The second kappa shape index (κ2) is 5.84. The second-order valence-corrected chi connectivity index (χ2v) is 6.27. The van der Waals surface area contributed by atoms with E-state index >= 15 is 0 Å². The molecule has 0 radical (unpaired) electrons. The molecule has 1 aliphatic heterocycles. The molecule has 1 aliphatic rings. The van der Waals surface area contributed by atoms with E-state index in [0.717, 1.165) is 22.3 Å². The van der Waals surface area contributed by atoms with Crippen molar-refractivity contribution < 1.29 is 9.18 Å². The highest BCUT2D eigenvalue weighted by Crippen LogP contribution is 2.37. The molecule has 1 atom stereocenters. The molecular formula is C18H22FNO. The van der Waals surface area contributed by atoms with Crippen molar-refractivity contribution in [3.63, 3.8) is 0 Å². The molecule has 1 unspecified atom stereocenters. The maximum atomic E-state index is 12.4. The van der Waals surface area contributed by atoms with E-state index in [1.807, 2.05) is 31.2 Å². The lowest BCUT2D eigenvalue weighted by atomic mass is 9.81. The lowest BCUT2D eigenvalue weighted by Gasteiger charge is -2.22. The highest BCUT2D eigenvalue weighted by atomic mass is 19.1. The van der Waals surface area contributed by atoms with Crippen molar-refractivity contribution >= 4 is 5.91 Å². The third kappa shape index (κ3) is 2.92. The van der Waals surface area contributed by atoms with Crippen LogP contribution < -0.4 is 5.32 Å². The Bertz CT molecular complexity index is 608. The normalized spacial score (nSPS) is 19.0. The number of nitrogens with one attached hydrogen (secondary N) is 1. The summed E-state index contributed by atoms with van der Waals surface area (Å²) < 4.78 is 12.4. The van der Waals surface area contributed by atoms with Crippen LogP contribution in [0.25, 0.3) is 0 Å². The van der Waals surface area contributed by atoms with Crippen LogP contribution in [0.2, 0.25) is 0 Å². The van der Waals surface area contributed by atoms with Crippen molar-refractivity contribution in [2.45, 2.75) is 39.2 Å². The summed E-state index contributed by atoms with van der Waals surface area (Å²) in [6, 6.07) is 5.77. The van der Waals surface area contributed by atoms with Gasteiger partial charge in [0.15, 0.2) is 0 Å². The van der Waals surface area contributed by atoms with Gasteiger partial charge in [0.05, 0.1) is 6.04 Å². The lowest BCUT2D eigenvalue weighted by Crippen LogP contribution is -2.22. The summed E-state index contributed by atoms with van der Waals surface area (Å²) in [4.78, 5) is 12.4. The van der Waals surface area contributed by atoms with Crippen molar-refractivity contribution in [1.82, 2.24) is 5.32 Å². The van der Waals surface area contributed by atoms with Gasteiger partial charge in [-0.3, -0.25) is 4.79 Å². The first-order chi connectivity index (χ1) is 9.90. The van der Waals surface area contributed by atoms with E-state index in [1.165, 1.54) is 6.08 Å². The molecule has 0 aliphatic carbocycles. The number of alkyl halides is 1. The number of hydrogen-bond acceptors (Lipinski definition) is 1. The smallest absolute Gasteiger partial charge is 0.252 e. The van der Waals surface area contributed by atoms with Crippen LogP contribution in [0.4, 0.5) is 4.39 Å². The molecule has 1 amide bonds. The minimum Gasteiger partial charge on any atom is -0.341 e. The fourth-order valence-corrected chi connectivity index (χ4v) is 2.77. The maximum absolute atomic E-state index is 12.4. The van der Waals surface area contributed by atoms with Crippen molar-refractivity contribution in [1.29, 1.82) is 0 Å². The number of carbonyl (C=O) groups excluding carboxylic acids is 1. The molecule has 0 spiro atoms. The first-order valence-electron chi connectivity index (χ1n) is 7.23. The van der Waals surface area contributed by atoms with E-state index in [4.69, 9.17) is 0 Å². The van der Waals surface area contributed by atoms with Gasteiger partial charge < -0.3 is 5.32 Å². The Morgan fingerprint density at radius 2 is 2.10 bits per heavy atom. The van der Waals surface area contributed by atoms with E-state index in [1.54, 1.807) is 6.08 Å². The number of hydrogen-bond donors (Lipinski definition) is 1. The Balaban J connectivity index is 2.53. The van der Waals surface area contributed by atoms with Gasteiger partial charge in [0, 0.05) is 5.56 Å². The molecular weight excluding hydrogens is 265 g/mol. The van der Waals surface area contributed by atoms with Gasteiger partial charge in [0.1, 0.15) is 6.67 Å². The van der Waals surface area contributed by atoms with E-state index in [-0.39, 0.29) is 17.4 Å². The summed E-state index contributed by atoms with van der Waals surface area (Å²) in [6.45, 7) is 7.69. The van der Waals surface area contributed by atoms with Crippen LogP contribution in [0.15, 0.2) is 42.0 Å². The number of allylic oxidation sites excluding steroid dienone is 2. The topological polar surface area (TPSA) is 29.1 Å². The number of halogens is 1. The number of rotatable bonds is 3. The molecule has 0 saturated heterocycles. The maximum Gasteiger partial charge on any atom is 0.252 e. The van der Waals surface area contributed by atoms with Crippen LogP contribution in [-0.4, -0.2) is 12.6 Å². The van der Waals surface area contributed by atoms with Gasteiger partial charge in [-0.05, 0) is 29.0 Å². The molecule has 21 heavy (non-hydrogen) atoms. The van der Waals surface area contributed by atoms with E-state index in [2.05, 4.69) is 26.1 Å². The second-order valence-electron chi connectivity index (χ2n) is 6.27. The summed E-state index contributed by atoms with van der Waals surface area (Å²) in [5, 5.41) is 3.01. The summed E-state index contributed by atoms with van der Waals surface area (Å²) >= 11 is 0. The van der Waals surface area contributed by atoms with E-state index in [0.29, 0.717) is 0 Å². The zero-order chi connectivity index (χ0) is 15.6. The molecule has 1 N–H and O–H groups in total. The van der Waals surface area contributed by atoms with Crippen LogP contribution in [0.3, 0.4) is 0 Å². The van der Waals surface area contributed by atoms with Gasteiger partial charge in [-0.1, -0.05) is 57.2 Å². The molecule has 0 aromatic heterocycles. The Labute approximate surface area is 125 Å². The molecule has 2 rings (SSSR count). The number of benzene rings is 1. The van der Waals surface area contributed by atoms with Gasteiger partial charge in [-0.2, -0.15) is 0 Å². The summed E-state index contributed by atoms with van der Waals surface area (Å²) in [5.74, 6) is -0.0477. The summed E-state index contributed by atoms with van der Waals surface area (Å²) in [6.07, 6.45) is 5.12. The van der Waals surface area contributed by atoms with Gasteiger partial charge in [-0.25, -0.2) is 4.39 Å². The molecule has 0 bridgehead atoms. The largest absolute Gasteiger partial charge is 0.341 e. The van der Waals surface area contributed by atoms with E-state index in [9.17, 15) is 9.18 Å². The third-order valence-corrected chi connectivity index (χ3v) is 3.78. The average Bonchev–Trinajstić information content (AvgIpc) is 2.76. The molecule has 1 aromatic carbocycles. The van der Waals surface area contributed by atoms with Gasteiger partial charge in [0.2, 0.25) is 0 Å². The van der Waals surface area contributed by atoms with Gasteiger partial charge in [0.25, 0.3) is 5.91 Å². The Kier molecular flexibility index (Phi) is 4.31. The lowest BCUT2D eigenvalue weighted by molar-refractivity contribution is 0.0958. The zero-order valence-electron chi connectivity index (χ0n) is 13.0. The van der Waals surface area contributed by atoms with Crippen molar-refractivity contribution in [3.05, 3.63) is 58.7 Å². The SMILES string of the molecule is C/C=C(\C=C/CF)C1NC(=O)c2c1cccc2C(C)(C)C. The van der Waals surface area contributed by atoms with Crippen LogP contribution in [-0.2, 0) is 5.41 Å². The van der Waals surface area contributed by atoms with Crippen molar-refractivity contribution in [3.8, 4) is 0 Å². The number of fused-ring (bicyclic) bond motifs is 1. The molecule has 1 heterocycles. The average molecular weight is 287 g/mol. The fraction of sp³-hybridized carbons (Fsp3) is 0.389. The highest BCUT2D eigenvalue weighted by molar-refractivity contribution is 6.01. The molecule has 1 aromatic rings. The Morgan fingerprint density at radius 1 is 1.38 bits per heavy atom. The first-order valence-corrected chi connectivity index (χ1v) is 7.23. The van der Waals surface area contributed by atoms with Gasteiger partial charge in [-0.15, -0.1) is 0 Å². The van der Waals surface area contributed by atoms with Crippen molar-refractivity contribution in [2.75, 3.05) is 6.67 Å². The highest BCUT2D eigenvalue weighted by Gasteiger charge is 2.34. The minimum absolute atomic E-state index is 0.0477. The molecule has 0 saturated carbocycles. The summed E-state index contributed by atoms with van der Waals surface area (Å²) in [5.41, 5.74) is 3.60. The van der Waals surface area contributed by atoms with Crippen molar-refractivity contribution in [2.24, 2.45) is 0 Å². The van der Waals surface area contributed by atoms with E-state index < -0.39 is 6.67 Å². The van der Waals surface area contributed by atoms with Crippen LogP contribution in [0.1, 0.15) is 55.2 Å².